The number of aromatic nitrogens is 1. The van der Waals surface area contributed by atoms with E-state index in [1.807, 2.05) is 12.1 Å². The minimum absolute atomic E-state index is 0.0705. The van der Waals surface area contributed by atoms with E-state index >= 15 is 0 Å². The van der Waals surface area contributed by atoms with Crippen molar-refractivity contribution in [2.24, 2.45) is 0 Å². The summed E-state index contributed by atoms with van der Waals surface area (Å²) in [5, 5.41) is 13.6. The Hall–Kier alpha value is -2.75. The van der Waals surface area contributed by atoms with E-state index < -0.39 is 0 Å². The van der Waals surface area contributed by atoms with Gasteiger partial charge in [0.15, 0.2) is 0 Å². The van der Waals surface area contributed by atoms with Crippen LogP contribution in [-0.4, -0.2) is 22.0 Å². The summed E-state index contributed by atoms with van der Waals surface area (Å²) >= 11 is 0. The van der Waals surface area contributed by atoms with Gasteiger partial charge in [0.2, 0.25) is 0 Å². The second kappa shape index (κ2) is 6.63. The van der Waals surface area contributed by atoms with Gasteiger partial charge in [0, 0.05) is 23.0 Å². The zero-order chi connectivity index (χ0) is 17.2. The van der Waals surface area contributed by atoms with Crippen molar-refractivity contribution in [2.45, 2.75) is 37.6 Å². The van der Waals surface area contributed by atoms with E-state index in [1.54, 1.807) is 12.1 Å². The summed E-state index contributed by atoms with van der Waals surface area (Å²) in [6, 6.07) is 17.8. The quantitative estimate of drug-likeness (QED) is 0.667. The molecule has 0 unspecified atom stereocenters. The number of amides is 1. The van der Waals surface area contributed by atoms with Crippen LogP contribution in [-0.2, 0) is 0 Å². The number of rotatable bonds is 3. The van der Waals surface area contributed by atoms with Gasteiger partial charge in [0.1, 0.15) is 11.4 Å². The van der Waals surface area contributed by atoms with Gasteiger partial charge in [-0.25, -0.2) is 0 Å². The molecule has 1 saturated carbocycles. The normalized spacial score (nSPS) is 20.5. The predicted octanol–water partition coefficient (Wildman–Crippen LogP) is 4.33. The lowest BCUT2D eigenvalue weighted by atomic mass is 9.82. The summed E-state index contributed by atoms with van der Waals surface area (Å²) in [5.74, 6) is 0.727. The molecule has 1 fully saturated rings. The van der Waals surface area contributed by atoms with Crippen molar-refractivity contribution in [3.63, 3.8) is 0 Å². The van der Waals surface area contributed by atoms with Crippen LogP contribution in [0.1, 0.15) is 47.7 Å². The molecule has 0 saturated heterocycles. The van der Waals surface area contributed by atoms with Gasteiger partial charge in [-0.2, -0.15) is 0 Å². The fourth-order valence-electron chi connectivity index (χ4n) is 3.80. The summed E-state index contributed by atoms with van der Waals surface area (Å²) in [5.41, 5.74) is 2.73. The maximum atomic E-state index is 12.5. The molecule has 1 aromatic heterocycles. The van der Waals surface area contributed by atoms with Gasteiger partial charge in [-0.3, -0.25) is 4.79 Å². The van der Waals surface area contributed by atoms with Crippen LogP contribution in [0.4, 0.5) is 0 Å². The maximum absolute atomic E-state index is 12.5. The molecule has 4 heteroatoms. The van der Waals surface area contributed by atoms with Gasteiger partial charge >= 0.3 is 0 Å². The number of carbonyl (C=O) groups excluding carboxylic acids is 1. The minimum Gasteiger partial charge on any atom is -0.508 e. The molecule has 2 aromatic carbocycles. The zero-order valence-electron chi connectivity index (χ0n) is 14.0. The summed E-state index contributed by atoms with van der Waals surface area (Å²) < 4.78 is 0. The lowest BCUT2D eigenvalue weighted by Crippen LogP contribution is -2.37. The van der Waals surface area contributed by atoms with Crippen LogP contribution in [0.15, 0.2) is 54.6 Å². The smallest absolute Gasteiger partial charge is 0.267 e. The summed E-state index contributed by atoms with van der Waals surface area (Å²) in [4.78, 5) is 15.6. The minimum atomic E-state index is -0.0705. The van der Waals surface area contributed by atoms with Gasteiger partial charge in [0.25, 0.3) is 5.91 Å². The van der Waals surface area contributed by atoms with Gasteiger partial charge in [-0.1, -0.05) is 30.3 Å². The molecule has 3 aromatic rings. The Morgan fingerprint density at radius 2 is 1.76 bits per heavy atom. The third-order valence-electron chi connectivity index (χ3n) is 5.18. The second-order valence-electron chi connectivity index (χ2n) is 6.89. The number of benzene rings is 2. The molecule has 0 spiro atoms. The van der Waals surface area contributed by atoms with E-state index in [0.717, 1.165) is 36.6 Å². The SMILES string of the molecule is O=C(NC1CCC(c2ccccc2)CC1)c1cc2ccc(O)cc2[nH]1. The van der Waals surface area contributed by atoms with Gasteiger partial charge in [-0.15, -0.1) is 0 Å². The highest BCUT2D eigenvalue weighted by Crippen LogP contribution is 2.32. The average molecular weight is 334 g/mol. The Bertz CT molecular complexity index is 877. The monoisotopic (exact) mass is 334 g/mol. The van der Waals surface area contributed by atoms with Crippen molar-refractivity contribution in [3.05, 3.63) is 65.9 Å². The number of fused-ring (bicyclic) bond motifs is 1. The molecule has 1 heterocycles. The van der Waals surface area contributed by atoms with E-state index in [-0.39, 0.29) is 17.7 Å². The van der Waals surface area contributed by atoms with Crippen LogP contribution in [0, 0.1) is 0 Å². The first kappa shape index (κ1) is 15.8. The van der Waals surface area contributed by atoms with E-state index in [2.05, 4.69) is 40.6 Å². The Labute approximate surface area is 146 Å². The molecular weight excluding hydrogens is 312 g/mol. The topological polar surface area (TPSA) is 65.1 Å². The largest absolute Gasteiger partial charge is 0.508 e. The summed E-state index contributed by atoms with van der Waals surface area (Å²) in [6.07, 6.45) is 4.23. The third-order valence-corrected chi connectivity index (χ3v) is 5.18. The van der Waals surface area contributed by atoms with Crippen LogP contribution in [0.3, 0.4) is 0 Å². The number of hydrogen-bond acceptors (Lipinski definition) is 2. The molecule has 4 nitrogen and oxygen atoms in total. The number of hydrogen-bond donors (Lipinski definition) is 3. The Balaban J connectivity index is 1.38. The number of phenolic OH excluding ortho intramolecular Hbond substituents is 1. The van der Waals surface area contributed by atoms with Gasteiger partial charge in [-0.05, 0) is 55.4 Å². The third kappa shape index (κ3) is 3.38. The lowest BCUT2D eigenvalue weighted by molar-refractivity contribution is 0.0921. The number of H-pyrrole nitrogens is 1. The molecule has 0 atom stereocenters. The molecule has 1 aliphatic carbocycles. The fraction of sp³-hybridized carbons (Fsp3) is 0.286. The number of carbonyl (C=O) groups is 1. The predicted molar refractivity (Wildman–Crippen MR) is 98.9 cm³/mol. The molecule has 4 rings (SSSR count). The van der Waals surface area contributed by atoms with Crippen LogP contribution in [0.5, 0.6) is 5.75 Å². The van der Waals surface area contributed by atoms with Crippen molar-refractivity contribution in [3.8, 4) is 5.75 Å². The number of phenols is 1. The van der Waals surface area contributed by atoms with Crippen molar-refractivity contribution in [1.82, 2.24) is 10.3 Å². The summed E-state index contributed by atoms with van der Waals surface area (Å²) in [6.45, 7) is 0. The van der Waals surface area contributed by atoms with Gasteiger partial charge in [0.05, 0.1) is 0 Å². The van der Waals surface area contributed by atoms with Crippen LogP contribution >= 0.6 is 0 Å². The summed E-state index contributed by atoms with van der Waals surface area (Å²) in [7, 11) is 0. The highest BCUT2D eigenvalue weighted by atomic mass is 16.3. The Kier molecular flexibility index (Phi) is 4.18. The molecular formula is C21H22N2O2. The Morgan fingerprint density at radius 3 is 2.52 bits per heavy atom. The fourth-order valence-corrected chi connectivity index (χ4v) is 3.80. The molecule has 0 radical (unpaired) electrons. The number of nitrogens with one attached hydrogen (secondary N) is 2. The lowest BCUT2D eigenvalue weighted by Gasteiger charge is -2.29. The highest BCUT2D eigenvalue weighted by Gasteiger charge is 2.24. The molecule has 3 N–H and O–H groups in total. The van der Waals surface area contributed by atoms with Crippen molar-refractivity contribution < 1.29 is 9.90 Å². The molecule has 1 amide bonds. The first-order chi connectivity index (χ1) is 12.2. The first-order valence-electron chi connectivity index (χ1n) is 8.86. The molecule has 25 heavy (non-hydrogen) atoms. The van der Waals surface area contributed by atoms with E-state index in [0.29, 0.717) is 11.6 Å². The second-order valence-corrected chi connectivity index (χ2v) is 6.89. The zero-order valence-corrected chi connectivity index (χ0v) is 14.0. The first-order valence-corrected chi connectivity index (χ1v) is 8.86. The standard InChI is InChI=1S/C21H22N2O2/c24-18-11-8-16-12-20(23-19(16)13-18)21(25)22-17-9-6-15(7-10-17)14-4-2-1-3-5-14/h1-5,8,11-13,15,17,23-24H,6-7,9-10H2,(H,22,25). The van der Waals surface area contributed by atoms with E-state index in [4.69, 9.17) is 0 Å². The maximum Gasteiger partial charge on any atom is 0.267 e. The Morgan fingerprint density at radius 1 is 1.00 bits per heavy atom. The van der Waals surface area contributed by atoms with Crippen molar-refractivity contribution in [1.29, 1.82) is 0 Å². The van der Waals surface area contributed by atoms with Crippen LogP contribution < -0.4 is 5.32 Å². The van der Waals surface area contributed by atoms with Crippen LogP contribution in [0.25, 0.3) is 10.9 Å². The van der Waals surface area contributed by atoms with Crippen molar-refractivity contribution >= 4 is 16.8 Å². The van der Waals surface area contributed by atoms with E-state index in [1.165, 1.54) is 5.56 Å². The number of aromatic amines is 1. The molecule has 0 aliphatic heterocycles. The van der Waals surface area contributed by atoms with Crippen molar-refractivity contribution in [2.75, 3.05) is 0 Å². The van der Waals surface area contributed by atoms with Crippen LogP contribution in [0.2, 0.25) is 0 Å². The number of aromatic hydroxyl groups is 1. The van der Waals surface area contributed by atoms with E-state index in [9.17, 15) is 9.90 Å². The molecule has 0 bridgehead atoms. The molecule has 128 valence electrons. The highest BCUT2D eigenvalue weighted by molar-refractivity contribution is 5.98. The van der Waals surface area contributed by atoms with Gasteiger partial charge < -0.3 is 15.4 Å². The molecule has 1 aliphatic rings. The average Bonchev–Trinajstić information content (AvgIpc) is 3.06.